The quantitative estimate of drug-likeness (QED) is 0.439. The van der Waals surface area contributed by atoms with Crippen LogP contribution < -0.4 is 0 Å². The lowest BCUT2D eigenvalue weighted by atomic mass is 9.87. The second-order valence-corrected chi connectivity index (χ2v) is 5.01. The Morgan fingerprint density at radius 3 is 2.62 bits per heavy atom. The molecule has 0 radical (unpaired) electrons. The smallest absolute Gasteiger partial charge is 0.260 e. The minimum Gasteiger partial charge on any atom is -0.375 e. The summed E-state index contributed by atoms with van der Waals surface area (Å²) in [6.45, 7) is 0.783. The van der Waals surface area contributed by atoms with Crippen molar-refractivity contribution in [3.8, 4) is 0 Å². The lowest BCUT2D eigenvalue weighted by Gasteiger charge is -2.44. The van der Waals surface area contributed by atoms with Gasteiger partial charge in [0.15, 0.2) is 0 Å². The number of carbonyl (C=O) groups is 2. The van der Waals surface area contributed by atoms with Crippen LogP contribution in [0.5, 0.6) is 0 Å². The van der Waals surface area contributed by atoms with Gasteiger partial charge < -0.3 is 9.64 Å². The second kappa shape index (κ2) is 6.69. The largest absolute Gasteiger partial charge is 0.375 e. The van der Waals surface area contributed by atoms with Crippen LogP contribution in [0.15, 0.2) is 30.3 Å². The molecular weight excluding hydrogens is 272 g/mol. The van der Waals surface area contributed by atoms with Gasteiger partial charge in [0.1, 0.15) is 5.92 Å². The van der Waals surface area contributed by atoms with Crippen molar-refractivity contribution in [2.45, 2.75) is 12.6 Å². The lowest BCUT2D eigenvalue weighted by Crippen LogP contribution is -2.65. The number of hydrogen-bond donors (Lipinski definition) is 0. The van der Waals surface area contributed by atoms with E-state index in [1.54, 1.807) is 7.05 Å². The first-order valence-corrected chi connectivity index (χ1v) is 6.76. The maximum Gasteiger partial charge on any atom is 0.260 e. The van der Waals surface area contributed by atoms with E-state index in [4.69, 9.17) is 9.57 Å². The summed E-state index contributed by atoms with van der Waals surface area (Å²) in [4.78, 5) is 30.3. The zero-order valence-corrected chi connectivity index (χ0v) is 12.5. The zero-order chi connectivity index (χ0) is 15.4. The number of likely N-dealkylation sites (tertiary alicyclic amines) is 1. The van der Waals surface area contributed by atoms with E-state index in [9.17, 15) is 9.59 Å². The van der Waals surface area contributed by atoms with Gasteiger partial charge in [0.05, 0.1) is 26.4 Å². The molecule has 1 aromatic carbocycles. The van der Waals surface area contributed by atoms with Gasteiger partial charge >= 0.3 is 0 Å². The summed E-state index contributed by atoms with van der Waals surface area (Å²) in [5.41, 5.74) is 1.06. The molecule has 2 rings (SSSR count). The molecule has 0 unspecified atom stereocenters. The SMILES string of the molecule is CON(C)C(=O)[C@@H]1C(=O)N(C)[C@H]1COCc1ccccc1. The van der Waals surface area contributed by atoms with E-state index in [2.05, 4.69) is 0 Å². The number of likely N-dealkylation sites (N-methyl/N-ethyl adjacent to an activating group) is 1. The molecule has 0 saturated carbocycles. The average molecular weight is 292 g/mol. The molecule has 1 fully saturated rings. The molecule has 2 atom stereocenters. The van der Waals surface area contributed by atoms with Crippen LogP contribution in [0.25, 0.3) is 0 Å². The van der Waals surface area contributed by atoms with Crippen molar-refractivity contribution < 1.29 is 19.2 Å². The van der Waals surface area contributed by atoms with Crippen LogP contribution >= 0.6 is 0 Å². The summed E-state index contributed by atoms with van der Waals surface area (Å²) in [7, 11) is 4.57. The first-order chi connectivity index (χ1) is 10.1. The Balaban J connectivity index is 1.89. The molecule has 0 bridgehead atoms. The van der Waals surface area contributed by atoms with E-state index in [0.29, 0.717) is 13.2 Å². The summed E-state index contributed by atoms with van der Waals surface area (Å²) in [6.07, 6.45) is 0. The highest BCUT2D eigenvalue weighted by molar-refractivity contribution is 6.05. The van der Waals surface area contributed by atoms with Crippen LogP contribution in [0, 0.1) is 5.92 Å². The molecule has 1 aromatic rings. The summed E-state index contributed by atoms with van der Waals surface area (Å²) >= 11 is 0. The maximum absolute atomic E-state index is 12.1. The van der Waals surface area contributed by atoms with Gasteiger partial charge in [-0.1, -0.05) is 30.3 Å². The zero-order valence-electron chi connectivity index (χ0n) is 12.5. The predicted molar refractivity (Wildman–Crippen MR) is 75.9 cm³/mol. The average Bonchev–Trinajstić information content (AvgIpc) is 2.53. The molecule has 2 amide bonds. The Kier molecular flexibility index (Phi) is 4.93. The summed E-state index contributed by atoms with van der Waals surface area (Å²) in [5, 5.41) is 1.08. The van der Waals surface area contributed by atoms with Crippen LogP contribution in [0.4, 0.5) is 0 Å². The Morgan fingerprint density at radius 2 is 2.00 bits per heavy atom. The number of ether oxygens (including phenoxy) is 1. The van der Waals surface area contributed by atoms with Gasteiger partial charge in [0.2, 0.25) is 5.91 Å². The Morgan fingerprint density at radius 1 is 1.33 bits per heavy atom. The number of amides is 2. The van der Waals surface area contributed by atoms with Crippen molar-refractivity contribution in [3.05, 3.63) is 35.9 Å². The fourth-order valence-electron chi connectivity index (χ4n) is 2.32. The molecule has 6 heteroatoms. The molecule has 1 aliphatic heterocycles. The molecule has 0 spiro atoms. The van der Waals surface area contributed by atoms with Crippen molar-refractivity contribution in [3.63, 3.8) is 0 Å². The normalized spacial score (nSPS) is 21.1. The molecule has 0 N–H and O–H groups in total. The summed E-state index contributed by atoms with van der Waals surface area (Å²) < 4.78 is 5.63. The monoisotopic (exact) mass is 292 g/mol. The molecular formula is C15H20N2O4. The van der Waals surface area contributed by atoms with E-state index in [1.165, 1.54) is 19.1 Å². The third-order valence-electron chi connectivity index (χ3n) is 3.75. The van der Waals surface area contributed by atoms with E-state index >= 15 is 0 Å². The van der Waals surface area contributed by atoms with Gasteiger partial charge in [-0.2, -0.15) is 0 Å². The number of carbonyl (C=O) groups excluding carboxylic acids is 2. The topological polar surface area (TPSA) is 59.1 Å². The van der Waals surface area contributed by atoms with E-state index < -0.39 is 5.92 Å². The van der Waals surface area contributed by atoms with Crippen molar-refractivity contribution in [2.24, 2.45) is 5.92 Å². The fourth-order valence-corrected chi connectivity index (χ4v) is 2.32. The van der Waals surface area contributed by atoms with Crippen LogP contribution in [0.3, 0.4) is 0 Å². The van der Waals surface area contributed by atoms with Crippen molar-refractivity contribution in [2.75, 3.05) is 27.8 Å². The highest BCUT2D eigenvalue weighted by atomic mass is 16.7. The standard InChI is InChI=1S/C15H20N2O4/c1-16-12(10-21-9-11-7-5-4-6-8-11)13(14(16)18)15(19)17(2)20-3/h4-8,12-13H,9-10H2,1-3H3/t12-,13-/m0/s1. The van der Waals surface area contributed by atoms with Crippen molar-refractivity contribution in [1.29, 1.82) is 0 Å². The van der Waals surface area contributed by atoms with E-state index in [0.717, 1.165) is 10.6 Å². The summed E-state index contributed by atoms with van der Waals surface area (Å²) in [5.74, 6) is -1.25. The predicted octanol–water partition coefficient (Wildman–Crippen LogP) is 0.680. The number of benzene rings is 1. The maximum atomic E-state index is 12.1. The highest BCUT2D eigenvalue weighted by Gasteiger charge is 2.50. The number of rotatable bonds is 6. The number of hydrogen-bond acceptors (Lipinski definition) is 4. The molecule has 0 aromatic heterocycles. The molecule has 21 heavy (non-hydrogen) atoms. The van der Waals surface area contributed by atoms with Gasteiger partial charge in [-0.15, -0.1) is 0 Å². The van der Waals surface area contributed by atoms with E-state index in [1.807, 2.05) is 30.3 Å². The minimum atomic E-state index is -0.712. The molecule has 1 saturated heterocycles. The van der Waals surface area contributed by atoms with Gasteiger partial charge in [-0.3, -0.25) is 14.4 Å². The lowest BCUT2D eigenvalue weighted by molar-refractivity contribution is -0.189. The molecule has 114 valence electrons. The first-order valence-electron chi connectivity index (χ1n) is 6.76. The number of hydroxylamine groups is 2. The third kappa shape index (κ3) is 3.22. The van der Waals surface area contributed by atoms with Gasteiger partial charge in [-0.25, -0.2) is 5.06 Å². The van der Waals surface area contributed by atoms with Gasteiger partial charge in [0.25, 0.3) is 5.91 Å². The molecule has 0 aliphatic carbocycles. The Labute approximate surface area is 124 Å². The molecule has 1 aliphatic rings. The van der Waals surface area contributed by atoms with Crippen LogP contribution in [-0.4, -0.2) is 55.6 Å². The third-order valence-corrected chi connectivity index (χ3v) is 3.75. The minimum absolute atomic E-state index is 0.197. The van der Waals surface area contributed by atoms with Gasteiger partial charge in [-0.05, 0) is 5.56 Å². The second-order valence-electron chi connectivity index (χ2n) is 5.01. The van der Waals surface area contributed by atoms with E-state index in [-0.39, 0.29) is 17.9 Å². The Hall–Kier alpha value is -1.92. The number of β-lactam (4-membered cyclic amide) rings is 1. The van der Waals surface area contributed by atoms with Crippen molar-refractivity contribution in [1.82, 2.24) is 9.96 Å². The van der Waals surface area contributed by atoms with Crippen LogP contribution in [0.2, 0.25) is 0 Å². The van der Waals surface area contributed by atoms with Gasteiger partial charge in [0, 0.05) is 14.1 Å². The van der Waals surface area contributed by atoms with Crippen LogP contribution in [0.1, 0.15) is 5.56 Å². The molecule has 6 nitrogen and oxygen atoms in total. The van der Waals surface area contributed by atoms with Crippen LogP contribution in [-0.2, 0) is 25.8 Å². The molecule has 1 heterocycles. The number of nitrogens with zero attached hydrogens (tertiary/aromatic N) is 2. The fraction of sp³-hybridized carbons (Fsp3) is 0.467. The van der Waals surface area contributed by atoms with Crippen molar-refractivity contribution >= 4 is 11.8 Å². The highest BCUT2D eigenvalue weighted by Crippen LogP contribution is 2.27. The summed E-state index contributed by atoms with van der Waals surface area (Å²) in [6, 6.07) is 9.52. The first kappa shape index (κ1) is 15.5. The Bertz CT molecular complexity index is 506.